The zero-order chi connectivity index (χ0) is 82.6. The Balaban J connectivity index is 0.000000146. The van der Waals surface area contributed by atoms with Crippen LogP contribution in [0.4, 0.5) is 11.4 Å². The molecule has 22 nitrogen and oxygen atoms in total. The van der Waals surface area contributed by atoms with Crippen LogP contribution >= 0.6 is 31.9 Å². The minimum absolute atomic E-state index is 0. The molecular formula is C93H114Br2N8O14. The van der Waals surface area contributed by atoms with Gasteiger partial charge in [-0.25, -0.2) is 9.59 Å². The predicted molar refractivity (Wildman–Crippen MR) is 455 cm³/mol. The Hall–Kier alpha value is -8.03. The third-order valence-corrected chi connectivity index (χ3v) is 31.1. The van der Waals surface area contributed by atoms with Gasteiger partial charge in [-0.2, -0.15) is 9.59 Å². The number of nitrogens with one attached hydrogen (secondary N) is 2. The highest BCUT2D eigenvalue weighted by Crippen LogP contribution is 2.70. The molecule has 13 heterocycles. The SMILES string of the molecule is C.CCC1=CC2CN3CCc4c([nH]c5ccc(Br)cc45)C(C(=O)OC)(C2)C13.CCC1=C[C@@H]2CN(CCc3c([nH]c4ccc(Br)cc34)[C@@](C)(c3cc4c(cc3C)N(C)C3[C@]45CCN4CC=C[C@@](CC)([C@@H](OC(C)=O)[C@]3(O)C(=O)OC)[C@H]45)C2)C1.CC[C@]12C=CCN3CC[C@@]4(c5ccc(C)cc5N(C)C4[C@@](O)(C(=O)OC)[C@@H]1OC(C)=O)[C@@H]32.O=C=O. The van der Waals surface area contributed by atoms with Crippen molar-refractivity contribution in [3.05, 3.63) is 174 Å². The molecular weight excluding hydrogens is 1610 g/mol. The van der Waals surface area contributed by atoms with Crippen LogP contribution in [-0.4, -0.2) is 224 Å². The Labute approximate surface area is 703 Å². The van der Waals surface area contributed by atoms with E-state index in [0.717, 1.165) is 158 Å². The second-order valence-corrected chi connectivity index (χ2v) is 37.3. The number of hydrogen-bond donors (Lipinski definition) is 4. The third kappa shape index (κ3) is 11.9. The molecule has 19 atom stereocenters. The molecule has 3 aliphatic carbocycles. The maximum Gasteiger partial charge on any atom is 0.373 e. The molecule has 5 fully saturated rings. The van der Waals surface area contributed by atoms with E-state index in [9.17, 15) is 34.2 Å². The molecule has 20 rings (SSSR count). The number of aromatic amines is 2. The van der Waals surface area contributed by atoms with E-state index in [4.69, 9.17) is 33.3 Å². The molecule has 0 radical (unpaired) electrons. The van der Waals surface area contributed by atoms with Crippen LogP contribution in [0.25, 0.3) is 21.8 Å². The smallest absolute Gasteiger partial charge is 0.373 e. The number of nitrogens with zero attached hydrogens (tertiary/aromatic N) is 6. The number of H-pyrrole nitrogens is 2. The van der Waals surface area contributed by atoms with Crippen LogP contribution in [0.1, 0.15) is 158 Å². The van der Waals surface area contributed by atoms with Gasteiger partial charge in [0.25, 0.3) is 0 Å². The molecule has 4 N–H and O–H groups in total. The Morgan fingerprint density at radius 1 is 0.590 bits per heavy atom. The largest absolute Gasteiger partial charge is 0.468 e. The lowest BCUT2D eigenvalue weighted by Crippen LogP contribution is -2.81. The zero-order valence-electron chi connectivity index (χ0n) is 69.2. The molecule has 7 unspecified atom stereocenters. The van der Waals surface area contributed by atoms with Gasteiger partial charge < -0.3 is 53.7 Å². The van der Waals surface area contributed by atoms with Crippen molar-refractivity contribution in [2.45, 2.75) is 209 Å². The lowest BCUT2D eigenvalue weighted by Gasteiger charge is -2.63. The average molecular weight is 1730 g/mol. The summed E-state index contributed by atoms with van der Waals surface area (Å²) >= 11 is 7.39. The topological polar surface area (TPSA) is 257 Å². The maximum absolute atomic E-state index is 14.3. The van der Waals surface area contributed by atoms with E-state index in [1.165, 1.54) is 90.6 Å². The van der Waals surface area contributed by atoms with Gasteiger partial charge >= 0.3 is 36.0 Å². The number of carbonyl (C=O) groups excluding carboxylic acids is 7. The highest BCUT2D eigenvalue weighted by molar-refractivity contribution is 9.10. The second-order valence-electron chi connectivity index (χ2n) is 35.5. The monoisotopic (exact) mass is 1720 g/mol. The number of aryl methyl sites for hydroxylation is 2. The Morgan fingerprint density at radius 2 is 1.10 bits per heavy atom. The van der Waals surface area contributed by atoms with Crippen LogP contribution in [0.3, 0.4) is 0 Å². The van der Waals surface area contributed by atoms with Crippen molar-refractivity contribution >= 4 is 101 Å². The summed E-state index contributed by atoms with van der Waals surface area (Å²) in [5.41, 5.74) is 10.2. The summed E-state index contributed by atoms with van der Waals surface area (Å²) in [6.07, 6.45) is 20.0. The van der Waals surface area contributed by atoms with Gasteiger partial charge in [-0.15, -0.1) is 0 Å². The molecule has 4 aromatic carbocycles. The van der Waals surface area contributed by atoms with Crippen molar-refractivity contribution in [1.29, 1.82) is 0 Å². The fourth-order valence-corrected chi connectivity index (χ4v) is 27.2. The number of anilines is 2. The standard InChI is InChI=1S/C45H55BrN4O5.C25H32N2O5.C21H23BrN2O2.CO2.CH4/c1-8-28-20-29-23-42(5,37-31(13-17-49(24-28)25-29)32-21-30(46)11-12-35(32)47-37)33-22-34-36(19-26(33)3)48(6)39-44(34)15-18-50-16-10-14-43(9-2,38(44)50)40(55-27(4)51)45(39,53)41(52)54-7;1-6-23-10-7-12-27-13-11-24(19(23)27)17-9-8-15(2)14-18(17)26(4)20(24)25(30,22(29)31-5)21(23)32-16(3)28;1-3-13-8-12-10-21(20(25)26-2)18-15(6-7-24(11-12)19(13)21)16-9-14(22)4-5-17(16)23-18;2-1-3;/h10-12,14,19-22,29,38-40,47,53H,8-9,13,15-18,23-25H2,1-7H3;7-10,14,19-21,30H,6,11-13H2,1-5H3;4-5,8-9,12,19,23H,3,6-7,10-11H2,1-2H3;;1H4/t29-,38-,39?,40+,42+,43+,44+,45-;19-,20?,21+,23+,24+,25-;;;/m00.../s1. The summed E-state index contributed by atoms with van der Waals surface area (Å²) in [5.74, 6) is -1.86. The second kappa shape index (κ2) is 30.6. The van der Waals surface area contributed by atoms with Crippen molar-refractivity contribution in [3.8, 4) is 0 Å². The number of aliphatic hydroxyl groups is 2. The number of aromatic nitrogens is 2. The summed E-state index contributed by atoms with van der Waals surface area (Å²) in [6, 6.07) is 22.7. The van der Waals surface area contributed by atoms with E-state index in [1.54, 1.807) is 0 Å². The minimum Gasteiger partial charge on any atom is -0.468 e. The lowest BCUT2D eigenvalue weighted by atomic mass is 9.47. The molecule has 624 valence electrons. The van der Waals surface area contributed by atoms with Crippen molar-refractivity contribution in [1.82, 2.24) is 29.6 Å². The molecule has 14 aliphatic rings. The number of ether oxygens (including phenoxy) is 5. The number of carbonyl (C=O) groups is 5. The molecule has 24 heteroatoms. The first-order chi connectivity index (χ1) is 55.4. The fourth-order valence-electron chi connectivity index (χ4n) is 26.4. The van der Waals surface area contributed by atoms with Gasteiger partial charge in [-0.05, 0) is 197 Å². The fraction of sp³-hybridized carbons (Fsp3) is 0.548. The minimum atomic E-state index is -2.14. The molecule has 3 saturated heterocycles. The van der Waals surface area contributed by atoms with E-state index in [2.05, 4.69) is 204 Å². The van der Waals surface area contributed by atoms with Crippen LogP contribution in [-0.2, 0) is 91.7 Å². The molecule has 2 aromatic heterocycles. The van der Waals surface area contributed by atoms with E-state index >= 15 is 0 Å². The van der Waals surface area contributed by atoms with Gasteiger partial charge in [-0.3, -0.25) is 34.0 Å². The van der Waals surface area contributed by atoms with Crippen molar-refractivity contribution in [2.75, 3.05) is 104 Å². The van der Waals surface area contributed by atoms with Crippen molar-refractivity contribution < 1.29 is 67.5 Å². The maximum atomic E-state index is 14.3. The summed E-state index contributed by atoms with van der Waals surface area (Å²) in [7, 11) is 8.06. The first kappa shape index (κ1) is 84.0. The van der Waals surface area contributed by atoms with E-state index in [0.29, 0.717) is 24.7 Å². The first-order valence-corrected chi connectivity index (χ1v) is 43.1. The van der Waals surface area contributed by atoms with Gasteiger partial charge in [-0.1, -0.05) is 133 Å². The van der Waals surface area contributed by atoms with Crippen LogP contribution in [0.5, 0.6) is 0 Å². The molecule has 0 amide bonds. The zero-order valence-corrected chi connectivity index (χ0v) is 72.4. The van der Waals surface area contributed by atoms with E-state index < -0.39 is 86.4 Å². The Bertz CT molecular complexity index is 5200. The van der Waals surface area contributed by atoms with E-state index in [-0.39, 0.29) is 43.1 Å². The number of hydrogen-bond acceptors (Lipinski definition) is 20. The van der Waals surface area contributed by atoms with Gasteiger partial charge in [0.1, 0.15) is 5.41 Å². The average Bonchev–Trinajstić information content (AvgIpc) is 1.49. The van der Waals surface area contributed by atoms with Gasteiger partial charge in [0.05, 0.1) is 39.5 Å². The highest BCUT2D eigenvalue weighted by atomic mass is 79.9. The summed E-state index contributed by atoms with van der Waals surface area (Å²) in [4.78, 5) is 105. The van der Waals surface area contributed by atoms with Crippen molar-refractivity contribution in [3.63, 3.8) is 0 Å². The normalized spacial score (nSPS) is 35.0. The van der Waals surface area contributed by atoms with Crippen LogP contribution in [0, 0.1) is 36.5 Å². The molecule has 117 heavy (non-hydrogen) atoms. The molecule has 6 aromatic rings. The highest BCUT2D eigenvalue weighted by Gasteiger charge is 2.82. The summed E-state index contributed by atoms with van der Waals surface area (Å²) < 4.78 is 30.4. The first-order valence-electron chi connectivity index (χ1n) is 41.5. The lowest BCUT2D eigenvalue weighted by molar-refractivity contribution is -0.229. The number of piperidine rings is 1. The number of halogens is 2. The molecule has 11 aliphatic heterocycles. The van der Waals surface area contributed by atoms with Crippen molar-refractivity contribution in [2.24, 2.45) is 22.7 Å². The van der Waals surface area contributed by atoms with E-state index in [1.807, 2.05) is 32.8 Å². The number of benzene rings is 4. The number of fused-ring (bicyclic) bond motifs is 10. The van der Waals surface area contributed by atoms with Gasteiger partial charge in [0.15, 0.2) is 12.2 Å². The number of rotatable bonds is 10. The molecule has 6 bridgehead atoms. The van der Waals surface area contributed by atoms with Crippen LogP contribution in [0.15, 0.2) is 123 Å². The quantitative estimate of drug-likeness (QED) is 0.0564. The van der Waals surface area contributed by atoms with Crippen LogP contribution in [0.2, 0.25) is 0 Å². The number of esters is 5. The Kier molecular flexibility index (Phi) is 22.0. The third-order valence-electron chi connectivity index (χ3n) is 30.1. The molecule has 2 spiro atoms. The number of likely N-dealkylation sites (N-methyl/N-ethyl adjacent to an activating group) is 2. The molecule has 2 saturated carbocycles. The Morgan fingerprint density at radius 3 is 1.62 bits per heavy atom. The summed E-state index contributed by atoms with van der Waals surface area (Å²) in [5, 5.41) is 28.2. The van der Waals surface area contributed by atoms with Gasteiger partial charge in [0.2, 0.25) is 11.2 Å². The number of methoxy groups -OCH3 is 3. The van der Waals surface area contributed by atoms with Gasteiger partial charge in [0, 0.05) is 166 Å². The summed E-state index contributed by atoms with van der Waals surface area (Å²) in [6.45, 7) is 26.4. The van der Waals surface area contributed by atoms with Crippen LogP contribution < -0.4 is 9.80 Å². The predicted octanol–water partition coefficient (Wildman–Crippen LogP) is 12.6.